The number of carbonyl (C=O) groups is 1. The highest BCUT2D eigenvalue weighted by Gasteiger charge is 2.14. The molecule has 1 aliphatic heterocycles. The van der Waals surface area contributed by atoms with Gasteiger partial charge in [0.05, 0.1) is 18.6 Å². The van der Waals surface area contributed by atoms with Crippen molar-refractivity contribution in [3.63, 3.8) is 0 Å². The summed E-state index contributed by atoms with van der Waals surface area (Å²) >= 11 is 1.55. The van der Waals surface area contributed by atoms with Crippen molar-refractivity contribution in [1.29, 1.82) is 0 Å². The fourth-order valence-electron chi connectivity index (χ4n) is 3.09. The van der Waals surface area contributed by atoms with Gasteiger partial charge in [0, 0.05) is 24.4 Å². The van der Waals surface area contributed by atoms with Crippen LogP contribution in [0.5, 0.6) is 5.75 Å². The van der Waals surface area contributed by atoms with Gasteiger partial charge >= 0.3 is 0 Å². The minimum absolute atomic E-state index is 0.0772. The predicted molar refractivity (Wildman–Crippen MR) is 108 cm³/mol. The number of aromatic nitrogens is 1. The first-order chi connectivity index (χ1) is 13.2. The fraction of sp³-hybridized carbons (Fsp3) is 0.500. The van der Waals surface area contributed by atoms with E-state index >= 15 is 0 Å². The summed E-state index contributed by atoms with van der Waals surface area (Å²) in [6.45, 7) is 5.89. The van der Waals surface area contributed by atoms with Gasteiger partial charge in [-0.05, 0) is 51.1 Å². The molecule has 2 heterocycles. The molecule has 6 nitrogen and oxygen atoms in total. The lowest BCUT2D eigenvalue weighted by Gasteiger charge is -2.14. The molecule has 0 bridgehead atoms. The summed E-state index contributed by atoms with van der Waals surface area (Å²) in [4.78, 5) is 19.0. The second kappa shape index (κ2) is 9.80. The largest absolute Gasteiger partial charge is 0.497 e. The molecule has 3 rings (SSSR count). The molecular formula is C20H27N3O3S. The maximum absolute atomic E-state index is 12.0. The van der Waals surface area contributed by atoms with Crippen molar-refractivity contribution >= 4 is 17.7 Å². The van der Waals surface area contributed by atoms with Crippen LogP contribution in [0.3, 0.4) is 0 Å². The van der Waals surface area contributed by atoms with Gasteiger partial charge in [-0.2, -0.15) is 0 Å². The Morgan fingerprint density at radius 1 is 1.37 bits per heavy atom. The highest BCUT2D eigenvalue weighted by molar-refractivity contribution is 7.99. The van der Waals surface area contributed by atoms with Crippen LogP contribution in [-0.2, 0) is 10.5 Å². The van der Waals surface area contributed by atoms with Crippen LogP contribution in [0, 0.1) is 6.92 Å². The molecule has 1 fully saturated rings. The number of hydrogen-bond donors (Lipinski definition) is 1. The Balaban J connectivity index is 1.44. The zero-order valence-corrected chi connectivity index (χ0v) is 16.8. The molecule has 1 aliphatic rings. The van der Waals surface area contributed by atoms with Crippen molar-refractivity contribution in [2.24, 2.45) is 0 Å². The minimum atomic E-state index is 0.0772. The lowest BCUT2D eigenvalue weighted by molar-refractivity contribution is -0.118. The number of ether oxygens (including phenoxy) is 1. The van der Waals surface area contributed by atoms with Gasteiger partial charge in [0.15, 0.2) is 0 Å². The predicted octanol–water partition coefficient (Wildman–Crippen LogP) is 3.10. The van der Waals surface area contributed by atoms with Gasteiger partial charge in [-0.1, -0.05) is 6.07 Å². The van der Waals surface area contributed by atoms with Crippen LogP contribution < -0.4 is 10.1 Å². The zero-order valence-electron chi connectivity index (χ0n) is 16.0. The maximum atomic E-state index is 12.0. The van der Waals surface area contributed by atoms with E-state index in [2.05, 4.69) is 15.2 Å². The average Bonchev–Trinajstić information content (AvgIpc) is 3.32. The molecule has 1 saturated heterocycles. The highest BCUT2D eigenvalue weighted by atomic mass is 32.2. The molecule has 0 radical (unpaired) electrons. The van der Waals surface area contributed by atoms with Crippen LogP contribution in [0.25, 0.3) is 11.5 Å². The molecule has 1 N–H and O–H groups in total. The second-order valence-corrected chi connectivity index (χ2v) is 7.63. The van der Waals surface area contributed by atoms with Crippen LogP contribution in [0.15, 0.2) is 28.7 Å². The number of benzene rings is 1. The highest BCUT2D eigenvalue weighted by Crippen LogP contribution is 2.26. The summed E-state index contributed by atoms with van der Waals surface area (Å²) in [5.41, 5.74) is 1.76. The number of amides is 1. The first kappa shape index (κ1) is 19.8. The number of carbonyl (C=O) groups excluding carboxylic acids is 1. The number of thioether (sulfide) groups is 1. The van der Waals surface area contributed by atoms with Crippen molar-refractivity contribution in [3.05, 3.63) is 35.7 Å². The zero-order chi connectivity index (χ0) is 19.1. The monoisotopic (exact) mass is 389 g/mol. The van der Waals surface area contributed by atoms with Gasteiger partial charge in [0.2, 0.25) is 11.8 Å². The number of rotatable bonds is 9. The molecular weight excluding hydrogens is 362 g/mol. The van der Waals surface area contributed by atoms with Gasteiger partial charge < -0.3 is 19.4 Å². The standard InChI is InChI=1S/C20H27N3O3S/c1-15-18(22-20(26-15)16-6-5-7-17(12-16)25-2)13-27-14-19(24)21-8-11-23-9-3-4-10-23/h5-7,12H,3-4,8-11,13-14H2,1-2H3,(H,21,24). The summed E-state index contributed by atoms with van der Waals surface area (Å²) in [6.07, 6.45) is 2.55. The Morgan fingerprint density at radius 3 is 2.96 bits per heavy atom. The van der Waals surface area contributed by atoms with Crippen LogP contribution in [0.1, 0.15) is 24.3 Å². The van der Waals surface area contributed by atoms with Gasteiger partial charge in [0.25, 0.3) is 0 Å². The molecule has 0 unspecified atom stereocenters. The Kier molecular flexibility index (Phi) is 7.18. The minimum Gasteiger partial charge on any atom is -0.497 e. The van der Waals surface area contributed by atoms with Gasteiger partial charge in [0.1, 0.15) is 11.5 Å². The average molecular weight is 390 g/mol. The first-order valence-electron chi connectivity index (χ1n) is 9.33. The SMILES string of the molecule is COc1cccc(-c2nc(CSCC(=O)NCCN3CCCC3)c(C)o2)c1. The molecule has 2 aromatic rings. The molecule has 0 spiro atoms. The number of methoxy groups -OCH3 is 1. The normalized spacial score (nSPS) is 14.4. The van der Waals surface area contributed by atoms with E-state index in [1.165, 1.54) is 12.8 Å². The van der Waals surface area contributed by atoms with E-state index in [9.17, 15) is 4.79 Å². The van der Waals surface area contributed by atoms with E-state index in [0.29, 0.717) is 17.4 Å². The molecule has 1 aromatic carbocycles. The Bertz CT molecular complexity index is 757. The molecule has 0 aliphatic carbocycles. The molecule has 7 heteroatoms. The van der Waals surface area contributed by atoms with E-state index in [-0.39, 0.29) is 5.91 Å². The van der Waals surface area contributed by atoms with E-state index in [1.54, 1.807) is 18.9 Å². The second-order valence-electron chi connectivity index (χ2n) is 6.65. The van der Waals surface area contributed by atoms with Crippen molar-refractivity contribution in [1.82, 2.24) is 15.2 Å². The third-order valence-electron chi connectivity index (χ3n) is 4.63. The van der Waals surface area contributed by atoms with Gasteiger partial charge in [-0.15, -0.1) is 11.8 Å². The first-order valence-corrected chi connectivity index (χ1v) is 10.5. The number of aryl methyl sites for hydroxylation is 1. The molecule has 0 atom stereocenters. The van der Waals surface area contributed by atoms with Crippen LogP contribution >= 0.6 is 11.8 Å². The summed E-state index contributed by atoms with van der Waals surface area (Å²) in [7, 11) is 1.64. The molecule has 0 saturated carbocycles. The van der Waals surface area contributed by atoms with E-state index in [0.717, 1.165) is 48.9 Å². The topological polar surface area (TPSA) is 67.6 Å². The Labute approximate surface area is 164 Å². The van der Waals surface area contributed by atoms with Gasteiger partial charge in [-0.3, -0.25) is 4.79 Å². The summed E-state index contributed by atoms with van der Waals surface area (Å²) in [5, 5.41) is 2.99. The molecule has 1 aromatic heterocycles. The fourth-order valence-corrected chi connectivity index (χ4v) is 3.94. The van der Waals surface area contributed by atoms with Crippen molar-refractivity contribution in [3.8, 4) is 17.2 Å². The molecule has 27 heavy (non-hydrogen) atoms. The third kappa shape index (κ3) is 5.74. The van der Waals surface area contributed by atoms with Crippen LogP contribution in [0.4, 0.5) is 0 Å². The summed E-state index contributed by atoms with van der Waals surface area (Å²) < 4.78 is 11.0. The van der Waals surface area contributed by atoms with E-state index in [4.69, 9.17) is 9.15 Å². The smallest absolute Gasteiger partial charge is 0.230 e. The van der Waals surface area contributed by atoms with Crippen molar-refractivity contribution in [2.45, 2.75) is 25.5 Å². The lowest BCUT2D eigenvalue weighted by Crippen LogP contribution is -2.34. The Morgan fingerprint density at radius 2 is 2.19 bits per heavy atom. The third-order valence-corrected chi connectivity index (χ3v) is 5.57. The van der Waals surface area contributed by atoms with Crippen LogP contribution in [-0.4, -0.2) is 54.8 Å². The summed E-state index contributed by atoms with van der Waals surface area (Å²) in [5.74, 6) is 3.30. The number of hydrogen-bond acceptors (Lipinski definition) is 6. The number of nitrogens with one attached hydrogen (secondary N) is 1. The van der Waals surface area contributed by atoms with Crippen LogP contribution in [0.2, 0.25) is 0 Å². The lowest BCUT2D eigenvalue weighted by atomic mass is 10.2. The molecule has 1 amide bonds. The number of oxazole rings is 1. The Hall–Kier alpha value is -1.99. The summed E-state index contributed by atoms with van der Waals surface area (Å²) in [6, 6.07) is 7.64. The van der Waals surface area contributed by atoms with Gasteiger partial charge in [-0.25, -0.2) is 4.98 Å². The van der Waals surface area contributed by atoms with E-state index in [1.807, 2.05) is 31.2 Å². The number of likely N-dealkylation sites (tertiary alicyclic amines) is 1. The van der Waals surface area contributed by atoms with E-state index < -0.39 is 0 Å². The number of nitrogens with zero attached hydrogens (tertiary/aromatic N) is 2. The van der Waals surface area contributed by atoms with Crippen molar-refractivity contribution in [2.75, 3.05) is 39.0 Å². The van der Waals surface area contributed by atoms with Crippen molar-refractivity contribution < 1.29 is 13.9 Å². The quantitative estimate of drug-likeness (QED) is 0.711. The maximum Gasteiger partial charge on any atom is 0.230 e. The molecule has 146 valence electrons.